The fraction of sp³-hybridized carbons (Fsp3) is 0.593. The Labute approximate surface area is 188 Å². The molecule has 0 aromatic heterocycles. The molecule has 5 heteroatoms. The van der Waals surface area contributed by atoms with E-state index in [2.05, 4.69) is 13.5 Å². The molecule has 1 aromatic rings. The number of carbonyl (C=O) groups is 3. The number of rotatable bonds is 2. The maximum absolute atomic E-state index is 13.8. The number of ketones is 1. The van der Waals surface area contributed by atoms with Crippen LogP contribution in [0.1, 0.15) is 62.2 Å². The molecule has 3 unspecified atom stereocenters. The van der Waals surface area contributed by atoms with Crippen LogP contribution in [0.2, 0.25) is 0 Å². The molecule has 168 valence electrons. The van der Waals surface area contributed by atoms with Gasteiger partial charge in [0.15, 0.2) is 5.78 Å². The average Bonchev–Trinajstić information content (AvgIpc) is 2.80. The highest BCUT2D eigenvalue weighted by atomic mass is 16.5. The van der Waals surface area contributed by atoms with Crippen LogP contribution in [-0.4, -0.2) is 30.4 Å². The maximum atomic E-state index is 13.8. The highest BCUT2D eigenvalue weighted by Crippen LogP contribution is 2.73. The van der Waals surface area contributed by atoms with Gasteiger partial charge in [-0.15, -0.1) is 0 Å². The zero-order valence-electron chi connectivity index (χ0n) is 18.6. The molecule has 0 N–H and O–H groups in total. The van der Waals surface area contributed by atoms with E-state index in [1.807, 2.05) is 18.2 Å². The van der Waals surface area contributed by atoms with Gasteiger partial charge in [-0.3, -0.25) is 9.59 Å². The second kappa shape index (κ2) is 6.55. The third-order valence-corrected chi connectivity index (χ3v) is 9.88. The number of Topliss-reactive ketones (excluding diaryl/α,β-unsaturated/α-hetero) is 1. The Bertz CT molecular complexity index is 1030. The second-order valence-corrected chi connectivity index (χ2v) is 11.1. The molecule has 0 amide bonds. The lowest BCUT2D eigenvalue weighted by atomic mass is 9.35. The van der Waals surface area contributed by atoms with Crippen LogP contribution in [-0.2, 0) is 19.1 Å². The van der Waals surface area contributed by atoms with E-state index in [1.54, 1.807) is 12.1 Å². The third kappa shape index (κ3) is 2.32. The molecule has 4 bridgehead atoms. The molecule has 32 heavy (non-hydrogen) atoms. The van der Waals surface area contributed by atoms with Crippen molar-refractivity contribution in [3.8, 4) is 0 Å². The summed E-state index contributed by atoms with van der Waals surface area (Å²) in [6.45, 7) is 6.78. The summed E-state index contributed by atoms with van der Waals surface area (Å²) in [5.74, 6) is -0.450. The number of benzene rings is 1. The van der Waals surface area contributed by atoms with Gasteiger partial charge in [0.25, 0.3) is 0 Å². The first-order chi connectivity index (χ1) is 15.3. The molecular weight excluding hydrogens is 404 g/mol. The van der Waals surface area contributed by atoms with Crippen molar-refractivity contribution in [3.63, 3.8) is 0 Å². The van der Waals surface area contributed by atoms with E-state index < -0.39 is 16.9 Å². The number of carbonyl (C=O) groups excluding carboxylic acids is 3. The van der Waals surface area contributed by atoms with Gasteiger partial charge in [0.2, 0.25) is 0 Å². The average molecular weight is 435 g/mol. The minimum absolute atomic E-state index is 0.0225. The summed E-state index contributed by atoms with van der Waals surface area (Å²) in [5, 5.41) is 0. The minimum Gasteiger partial charge on any atom is -0.465 e. The lowest BCUT2D eigenvalue weighted by molar-refractivity contribution is -0.254. The van der Waals surface area contributed by atoms with E-state index in [-0.39, 0.29) is 40.9 Å². The second-order valence-electron chi connectivity index (χ2n) is 11.1. The molecule has 5 aliphatic carbocycles. The molecular formula is C27H30O5. The first-order valence-corrected chi connectivity index (χ1v) is 12.0. The molecule has 1 heterocycles. The van der Waals surface area contributed by atoms with Gasteiger partial charge in [-0.2, -0.15) is 0 Å². The first-order valence-electron chi connectivity index (χ1n) is 12.0. The molecule has 1 aromatic carbocycles. The van der Waals surface area contributed by atoms with E-state index in [9.17, 15) is 14.4 Å². The van der Waals surface area contributed by atoms with Crippen molar-refractivity contribution in [3.05, 3.63) is 48.0 Å². The molecule has 1 saturated heterocycles. The van der Waals surface area contributed by atoms with Gasteiger partial charge in [0, 0.05) is 5.41 Å². The van der Waals surface area contributed by atoms with Crippen LogP contribution in [0.25, 0.3) is 0 Å². The van der Waals surface area contributed by atoms with Crippen LogP contribution in [0.15, 0.2) is 42.5 Å². The van der Waals surface area contributed by atoms with Crippen molar-refractivity contribution in [2.24, 2.45) is 34.0 Å². The Morgan fingerprint density at radius 3 is 2.62 bits per heavy atom. The molecule has 1 aliphatic heterocycles. The third-order valence-electron chi connectivity index (χ3n) is 9.88. The quantitative estimate of drug-likeness (QED) is 0.506. The van der Waals surface area contributed by atoms with Crippen molar-refractivity contribution in [1.82, 2.24) is 0 Å². The van der Waals surface area contributed by atoms with E-state index in [0.717, 1.165) is 32.1 Å². The van der Waals surface area contributed by atoms with Crippen LogP contribution in [0.3, 0.4) is 0 Å². The predicted octanol–water partition coefficient (Wildman–Crippen LogP) is 4.51. The monoisotopic (exact) mass is 434 g/mol. The fourth-order valence-electron chi connectivity index (χ4n) is 8.41. The highest BCUT2D eigenvalue weighted by Gasteiger charge is 2.76. The Kier molecular flexibility index (Phi) is 4.14. The molecule has 0 radical (unpaired) electrons. The van der Waals surface area contributed by atoms with Gasteiger partial charge in [0.1, 0.15) is 6.10 Å². The molecule has 6 fully saturated rings. The van der Waals surface area contributed by atoms with Gasteiger partial charge < -0.3 is 9.47 Å². The lowest BCUT2D eigenvalue weighted by Crippen LogP contribution is -2.73. The zero-order chi connectivity index (χ0) is 22.3. The smallest absolute Gasteiger partial charge is 0.338 e. The topological polar surface area (TPSA) is 69.7 Å². The van der Waals surface area contributed by atoms with Crippen LogP contribution in [0.4, 0.5) is 0 Å². The summed E-state index contributed by atoms with van der Waals surface area (Å²) in [6.07, 6.45) is 5.05. The number of fused-ring (bicyclic) bond motifs is 2. The SMILES string of the molecule is C=C1C(=O)C23CC[C@H]1CC2[C@@]12CCC[C@@](C)(COC1=O)C2C[C@H]3OC(=O)c1ccccc1. The van der Waals surface area contributed by atoms with E-state index in [4.69, 9.17) is 9.47 Å². The van der Waals surface area contributed by atoms with Gasteiger partial charge >= 0.3 is 11.9 Å². The van der Waals surface area contributed by atoms with Crippen molar-refractivity contribution in [2.45, 2.75) is 58.0 Å². The summed E-state index contributed by atoms with van der Waals surface area (Å²) in [6, 6.07) is 8.98. The van der Waals surface area contributed by atoms with Crippen LogP contribution >= 0.6 is 0 Å². The standard InChI is InChI=1S/C27H30O5/c1-16-18-9-12-27(22(16)28)20(13-18)26-11-6-10-25(2,15-31-24(26)30)19(26)14-21(27)32-23(29)17-7-4-3-5-8-17/h3-5,7-8,18-21H,1,6,9-15H2,2H3/t18-,19?,20?,21+,25-,26-,27?/m0/s1. The first kappa shape index (κ1) is 20.2. The van der Waals surface area contributed by atoms with Crippen molar-refractivity contribution in [1.29, 1.82) is 0 Å². The number of esters is 2. The summed E-state index contributed by atoms with van der Waals surface area (Å²) < 4.78 is 12.1. The number of allylic oxidation sites excluding steroid dienone is 1. The summed E-state index contributed by atoms with van der Waals surface area (Å²) >= 11 is 0. The molecule has 7 atom stereocenters. The Hall–Kier alpha value is -2.43. The summed E-state index contributed by atoms with van der Waals surface area (Å²) in [4.78, 5) is 40.5. The molecule has 5 nitrogen and oxygen atoms in total. The van der Waals surface area contributed by atoms with Crippen LogP contribution in [0, 0.1) is 34.0 Å². The molecule has 5 saturated carbocycles. The molecule has 7 rings (SSSR count). The minimum atomic E-state index is -0.860. The van der Waals surface area contributed by atoms with Crippen molar-refractivity contribution < 1.29 is 23.9 Å². The van der Waals surface area contributed by atoms with Crippen molar-refractivity contribution in [2.75, 3.05) is 6.61 Å². The van der Waals surface area contributed by atoms with Gasteiger partial charge in [-0.25, -0.2) is 4.79 Å². The van der Waals surface area contributed by atoms with Crippen LogP contribution < -0.4 is 0 Å². The Balaban J connectivity index is 1.48. The summed E-state index contributed by atoms with van der Waals surface area (Å²) in [7, 11) is 0. The Morgan fingerprint density at radius 2 is 1.84 bits per heavy atom. The summed E-state index contributed by atoms with van der Waals surface area (Å²) in [5.41, 5.74) is -0.490. The van der Waals surface area contributed by atoms with Crippen LogP contribution in [0.5, 0.6) is 0 Å². The van der Waals surface area contributed by atoms with E-state index in [0.29, 0.717) is 30.6 Å². The Morgan fingerprint density at radius 1 is 1.06 bits per heavy atom. The molecule has 6 aliphatic rings. The van der Waals surface area contributed by atoms with Gasteiger partial charge in [-0.1, -0.05) is 38.1 Å². The van der Waals surface area contributed by atoms with Crippen molar-refractivity contribution >= 4 is 17.7 Å². The van der Waals surface area contributed by atoms with E-state index >= 15 is 0 Å². The number of cyclic esters (lactones) is 1. The maximum Gasteiger partial charge on any atom is 0.338 e. The molecule has 1 spiro atoms. The number of ether oxygens (including phenoxy) is 2. The van der Waals surface area contributed by atoms with Gasteiger partial charge in [0.05, 0.1) is 23.0 Å². The fourth-order valence-corrected chi connectivity index (χ4v) is 8.41. The zero-order valence-corrected chi connectivity index (χ0v) is 18.6. The van der Waals surface area contributed by atoms with Gasteiger partial charge in [-0.05, 0) is 74.0 Å². The largest absolute Gasteiger partial charge is 0.465 e. The van der Waals surface area contributed by atoms with E-state index in [1.165, 1.54) is 0 Å². The number of hydrogen-bond donors (Lipinski definition) is 0. The normalized spacial score (nSPS) is 44.3. The predicted molar refractivity (Wildman–Crippen MR) is 117 cm³/mol. The number of hydrogen-bond acceptors (Lipinski definition) is 5. The lowest BCUT2D eigenvalue weighted by Gasteiger charge is -2.69. The highest BCUT2D eigenvalue weighted by molar-refractivity contribution is 6.03.